The van der Waals surface area contributed by atoms with Crippen LogP contribution in [-0.4, -0.2) is 24.5 Å². The summed E-state index contributed by atoms with van der Waals surface area (Å²) in [5, 5.41) is -0.121. The summed E-state index contributed by atoms with van der Waals surface area (Å²) in [6.45, 7) is 1.47. The van der Waals surface area contributed by atoms with Gasteiger partial charge in [-0.1, -0.05) is 6.07 Å². The average Bonchev–Trinajstić information content (AvgIpc) is 2.98. The lowest BCUT2D eigenvalue weighted by atomic mass is 10.1. The Kier molecular flexibility index (Phi) is 3.34. The van der Waals surface area contributed by atoms with Crippen molar-refractivity contribution in [3.8, 4) is 17.3 Å². The zero-order chi connectivity index (χ0) is 15.0. The van der Waals surface area contributed by atoms with Crippen LogP contribution in [0.3, 0.4) is 0 Å². The molecule has 0 saturated carbocycles. The van der Waals surface area contributed by atoms with Gasteiger partial charge in [0.15, 0.2) is 17.5 Å². The van der Waals surface area contributed by atoms with Crippen molar-refractivity contribution in [1.82, 2.24) is 24.5 Å². The number of benzene rings is 1. The molecule has 2 heterocycles. The summed E-state index contributed by atoms with van der Waals surface area (Å²) >= 11 is 5.83. The van der Waals surface area contributed by atoms with Gasteiger partial charge < -0.3 is 0 Å². The van der Waals surface area contributed by atoms with E-state index < -0.39 is 11.6 Å². The normalized spacial score (nSPS) is 10.9. The highest BCUT2D eigenvalue weighted by Crippen LogP contribution is 2.24. The largest absolute Gasteiger partial charge is 0.274 e. The van der Waals surface area contributed by atoms with Crippen LogP contribution in [-0.2, 0) is 0 Å². The molecule has 0 amide bonds. The molecule has 3 rings (SSSR count). The second kappa shape index (κ2) is 5.17. The van der Waals surface area contributed by atoms with Gasteiger partial charge in [0, 0.05) is 12.4 Å². The standard InChI is InChI=1S/C13H8ClF2N5/c1-7-2-3-8(10(16)9(7)15)11-18-12(14)20-13(19-11)21-5-4-17-6-21/h2-6H,1H3. The van der Waals surface area contributed by atoms with Crippen molar-refractivity contribution in [3.63, 3.8) is 0 Å². The summed E-state index contributed by atoms with van der Waals surface area (Å²) in [5.74, 6) is -1.83. The van der Waals surface area contributed by atoms with E-state index >= 15 is 0 Å². The third-order valence-corrected chi connectivity index (χ3v) is 3.02. The quantitative estimate of drug-likeness (QED) is 0.730. The summed E-state index contributed by atoms with van der Waals surface area (Å²) in [4.78, 5) is 15.7. The van der Waals surface area contributed by atoms with Crippen LogP contribution >= 0.6 is 11.6 Å². The van der Waals surface area contributed by atoms with E-state index in [1.165, 1.54) is 36.1 Å². The Hall–Kier alpha value is -2.41. The minimum Gasteiger partial charge on any atom is -0.274 e. The van der Waals surface area contributed by atoms with E-state index in [0.717, 1.165) is 0 Å². The Balaban J connectivity index is 2.18. The number of rotatable bonds is 2. The van der Waals surface area contributed by atoms with Gasteiger partial charge >= 0.3 is 0 Å². The van der Waals surface area contributed by atoms with Gasteiger partial charge in [0.05, 0.1) is 5.56 Å². The van der Waals surface area contributed by atoms with E-state index in [4.69, 9.17) is 11.6 Å². The first-order valence-corrected chi connectivity index (χ1v) is 6.29. The number of imidazole rings is 1. The highest BCUT2D eigenvalue weighted by Gasteiger charge is 2.16. The molecule has 0 saturated heterocycles. The number of aryl methyl sites for hydroxylation is 1. The smallest absolute Gasteiger partial charge is 0.239 e. The van der Waals surface area contributed by atoms with Gasteiger partial charge in [0.1, 0.15) is 6.33 Å². The topological polar surface area (TPSA) is 56.5 Å². The summed E-state index contributed by atoms with van der Waals surface area (Å²) in [5.41, 5.74) is 0.120. The van der Waals surface area contributed by atoms with Gasteiger partial charge in [-0.3, -0.25) is 4.57 Å². The molecule has 0 aliphatic carbocycles. The van der Waals surface area contributed by atoms with E-state index in [0.29, 0.717) is 0 Å². The highest BCUT2D eigenvalue weighted by molar-refractivity contribution is 6.28. The van der Waals surface area contributed by atoms with Crippen molar-refractivity contribution in [3.05, 3.63) is 53.3 Å². The van der Waals surface area contributed by atoms with Crippen molar-refractivity contribution in [2.75, 3.05) is 0 Å². The molecule has 5 nitrogen and oxygen atoms in total. The van der Waals surface area contributed by atoms with Gasteiger partial charge in [-0.2, -0.15) is 15.0 Å². The minimum absolute atomic E-state index is 0.0462. The molecule has 3 aromatic rings. The second-order valence-corrected chi connectivity index (χ2v) is 4.59. The number of aromatic nitrogens is 5. The number of hydrogen-bond donors (Lipinski definition) is 0. The number of nitrogens with zero attached hydrogens (tertiary/aromatic N) is 5. The van der Waals surface area contributed by atoms with Crippen LogP contribution in [0, 0.1) is 18.6 Å². The highest BCUT2D eigenvalue weighted by atomic mass is 35.5. The van der Waals surface area contributed by atoms with Crippen LogP contribution in [0.1, 0.15) is 5.56 Å². The molecule has 1 aromatic carbocycles. The summed E-state index contributed by atoms with van der Waals surface area (Å²) in [6.07, 6.45) is 4.59. The molecule has 0 atom stereocenters. The fraction of sp³-hybridized carbons (Fsp3) is 0.0769. The second-order valence-electron chi connectivity index (χ2n) is 4.26. The summed E-state index contributed by atoms with van der Waals surface area (Å²) in [6, 6.07) is 2.85. The van der Waals surface area contributed by atoms with E-state index in [-0.39, 0.29) is 28.2 Å². The van der Waals surface area contributed by atoms with Crippen LogP contribution in [0.5, 0.6) is 0 Å². The average molecular weight is 308 g/mol. The first-order valence-electron chi connectivity index (χ1n) is 5.91. The Morgan fingerprint density at radius 3 is 2.62 bits per heavy atom. The molecule has 106 valence electrons. The predicted molar refractivity (Wildman–Crippen MR) is 72.0 cm³/mol. The zero-order valence-corrected chi connectivity index (χ0v) is 11.5. The van der Waals surface area contributed by atoms with Crippen molar-refractivity contribution >= 4 is 11.6 Å². The van der Waals surface area contributed by atoms with Gasteiger partial charge in [0.25, 0.3) is 0 Å². The SMILES string of the molecule is Cc1ccc(-c2nc(Cl)nc(-n3ccnc3)n2)c(F)c1F. The third-order valence-electron chi connectivity index (χ3n) is 2.85. The molecule has 2 aromatic heterocycles. The van der Waals surface area contributed by atoms with E-state index in [9.17, 15) is 8.78 Å². The van der Waals surface area contributed by atoms with Gasteiger partial charge in [-0.25, -0.2) is 13.8 Å². The molecule has 8 heteroatoms. The van der Waals surface area contributed by atoms with Crippen LogP contribution in [0.4, 0.5) is 8.78 Å². The molecule has 0 bridgehead atoms. The molecule has 0 N–H and O–H groups in total. The Bertz CT molecular complexity index is 805. The summed E-state index contributed by atoms with van der Waals surface area (Å²) < 4.78 is 29.2. The van der Waals surface area contributed by atoms with E-state index in [1.54, 1.807) is 6.20 Å². The molecule has 0 unspecified atom stereocenters. The molecule has 0 fully saturated rings. The Labute approximate surface area is 123 Å². The molecular weight excluding hydrogens is 300 g/mol. The lowest BCUT2D eigenvalue weighted by Crippen LogP contribution is -2.04. The first kappa shape index (κ1) is 13.6. The molecule has 0 spiro atoms. The molecule has 0 radical (unpaired) electrons. The molecule has 0 aliphatic heterocycles. The molecule has 0 aliphatic rings. The van der Waals surface area contributed by atoms with Crippen molar-refractivity contribution in [2.45, 2.75) is 6.92 Å². The van der Waals surface area contributed by atoms with E-state index in [1.807, 2.05) is 0 Å². The minimum atomic E-state index is -1.02. The zero-order valence-electron chi connectivity index (χ0n) is 10.8. The predicted octanol–water partition coefficient (Wildman–Crippen LogP) is 2.96. The molecule has 21 heavy (non-hydrogen) atoms. The Morgan fingerprint density at radius 1 is 1.10 bits per heavy atom. The first-order chi connectivity index (χ1) is 10.1. The van der Waals surface area contributed by atoms with Gasteiger partial charge in [0.2, 0.25) is 11.2 Å². The van der Waals surface area contributed by atoms with Crippen LogP contribution in [0.25, 0.3) is 17.3 Å². The maximum atomic E-state index is 14.0. The van der Waals surface area contributed by atoms with Crippen molar-refractivity contribution in [2.24, 2.45) is 0 Å². The fourth-order valence-corrected chi connectivity index (χ4v) is 1.93. The maximum absolute atomic E-state index is 14.0. The lowest BCUT2D eigenvalue weighted by molar-refractivity contribution is 0.505. The Morgan fingerprint density at radius 2 is 1.90 bits per heavy atom. The molecular formula is C13H8ClF2N5. The maximum Gasteiger partial charge on any atom is 0.239 e. The number of halogens is 3. The van der Waals surface area contributed by atoms with Crippen LogP contribution in [0.2, 0.25) is 5.28 Å². The van der Waals surface area contributed by atoms with Gasteiger partial charge in [-0.05, 0) is 30.2 Å². The van der Waals surface area contributed by atoms with E-state index in [2.05, 4.69) is 19.9 Å². The van der Waals surface area contributed by atoms with Gasteiger partial charge in [-0.15, -0.1) is 0 Å². The van der Waals surface area contributed by atoms with Crippen LogP contribution in [0.15, 0.2) is 30.9 Å². The monoisotopic (exact) mass is 307 g/mol. The van der Waals surface area contributed by atoms with Crippen LogP contribution < -0.4 is 0 Å². The fourth-order valence-electron chi connectivity index (χ4n) is 1.77. The van der Waals surface area contributed by atoms with Crippen molar-refractivity contribution < 1.29 is 8.78 Å². The van der Waals surface area contributed by atoms with Crippen molar-refractivity contribution in [1.29, 1.82) is 0 Å². The number of hydrogen-bond acceptors (Lipinski definition) is 4. The lowest BCUT2D eigenvalue weighted by Gasteiger charge is -2.07. The third kappa shape index (κ3) is 2.47. The summed E-state index contributed by atoms with van der Waals surface area (Å²) in [7, 11) is 0.